The van der Waals surface area contributed by atoms with Crippen LogP contribution in [0.1, 0.15) is 69.5 Å². The van der Waals surface area contributed by atoms with Gasteiger partial charge < -0.3 is 14.7 Å². The molecule has 0 radical (unpaired) electrons. The third-order valence-corrected chi connectivity index (χ3v) is 8.84. The van der Waals surface area contributed by atoms with Crippen molar-refractivity contribution in [2.24, 2.45) is 11.8 Å². The minimum absolute atomic E-state index is 0.158. The fraction of sp³-hybridized carbons (Fsp3) is 0.875. The lowest BCUT2D eigenvalue weighted by Crippen LogP contribution is -2.65. The van der Waals surface area contributed by atoms with E-state index in [2.05, 4.69) is 39.1 Å². The van der Waals surface area contributed by atoms with Crippen molar-refractivity contribution in [2.75, 3.05) is 39.3 Å². The average molecular weight is 479 g/mol. The Morgan fingerprint density at radius 3 is 2.47 bits per heavy atom. The van der Waals surface area contributed by atoms with Crippen LogP contribution in [0.3, 0.4) is 0 Å². The summed E-state index contributed by atoms with van der Waals surface area (Å²) in [7, 11) is 0. The number of nitrogens with zero attached hydrogens (tertiary/aromatic N) is 5. The van der Waals surface area contributed by atoms with Gasteiger partial charge in [-0.05, 0) is 51.4 Å². The molecule has 1 unspecified atom stereocenters. The van der Waals surface area contributed by atoms with Crippen molar-refractivity contribution >= 4 is 6.03 Å². The molecular formula is C24H36F2N6O2. The highest BCUT2D eigenvalue weighted by atomic mass is 19.3. The van der Waals surface area contributed by atoms with Crippen molar-refractivity contribution in [2.45, 2.75) is 81.8 Å². The highest BCUT2D eigenvalue weighted by Gasteiger charge is 2.60. The SMILES string of the molecule is CC(C)N1CCN([C@H]2CCCC(F)(F)[C@@H]2NC(=O)N2C[C@@H]3C(c4noc(C5CC5)n4)[C@@H]3C2)CC1. The van der Waals surface area contributed by atoms with Crippen LogP contribution in [0.5, 0.6) is 0 Å². The lowest BCUT2D eigenvalue weighted by molar-refractivity contribution is -0.0971. The van der Waals surface area contributed by atoms with E-state index in [-0.39, 0.29) is 24.4 Å². The number of nitrogens with one attached hydrogen (secondary N) is 1. The van der Waals surface area contributed by atoms with Crippen LogP contribution in [0.15, 0.2) is 4.52 Å². The van der Waals surface area contributed by atoms with E-state index in [0.29, 0.717) is 49.7 Å². The molecular weight excluding hydrogens is 442 g/mol. The maximum atomic E-state index is 15.1. The molecule has 0 spiro atoms. The van der Waals surface area contributed by atoms with Gasteiger partial charge in [0.25, 0.3) is 5.92 Å². The maximum Gasteiger partial charge on any atom is 0.317 e. The first-order valence-corrected chi connectivity index (χ1v) is 13.1. The van der Waals surface area contributed by atoms with Crippen LogP contribution in [0.2, 0.25) is 0 Å². The normalized spacial score (nSPS) is 36.0. The van der Waals surface area contributed by atoms with E-state index in [4.69, 9.17) is 4.52 Å². The van der Waals surface area contributed by atoms with Crippen molar-refractivity contribution in [3.8, 4) is 0 Å². The molecule has 2 saturated heterocycles. The zero-order valence-corrected chi connectivity index (χ0v) is 20.1. The van der Waals surface area contributed by atoms with Crippen molar-refractivity contribution in [3.05, 3.63) is 11.7 Å². The third kappa shape index (κ3) is 4.10. The zero-order valence-electron chi connectivity index (χ0n) is 20.1. The van der Waals surface area contributed by atoms with Crippen LogP contribution in [0.25, 0.3) is 0 Å². The summed E-state index contributed by atoms with van der Waals surface area (Å²) in [4.78, 5) is 23.9. The molecule has 3 aliphatic carbocycles. The van der Waals surface area contributed by atoms with Crippen LogP contribution in [0.4, 0.5) is 13.6 Å². The minimum atomic E-state index is -2.89. The number of rotatable bonds is 5. The lowest BCUT2D eigenvalue weighted by Gasteiger charge is -2.47. The summed E-state index contributed by atoms with van der Waals surface area (Å²) in [5.41, 5.74) is 0. The molecule has 188 valence electrons. The molecule has 1 N–H and O–H groups in total. The predicted molar refractivity (Wildman–Crippen MR) is 121 cm³/mol. The second-order valence-electron chi connectivity index (χ2n) is 11.3. The number of hydrogen-bond acceptors (Lipinski definition) is 6. The summed E-state index contributed by atoms with van der Waals surface area (Å²) >= 11 is 0. The van der Waals surface area contributed by atoms with Crippen molar-refractivity contribution < 1.29 is 18.1 Å². The van der Waals surface area contributed by atoms with Gasteiger partial charge in [-0.3, -0.25) is 9.80 Å². The summed E-state index contributed by atoms with van der Waals surface area (Å²) in [5.74, 6) is -0.0971. The Morgan fingerprint density at radius 1 is 1.12 bits per heavy atom. The van der Waals surface area contributed by atoms with Gasteiger partial charge in [-0.25, -0.2) is 13.6 Å². The van der Waals surface area contributed by atoms with Gasteiger partial charge in [0.05, 0.1) is 0 Å². The van der Waals surface area contributed by atoms with Gasteiger partial charge in [-0.2, -0.15) is 4.98 Å². The Labute approximate surface area is 199 Å². The smallest absolute Gasteiger partial charge is 0.317 e. The molecule has 2 amide bonds. The molecule has 1 aromatic rings. The predicted octanol–water partition coefficient (Wildman–Crippen LogP) is 2.88. The Balaban J connectivity index is 1.07. The topological polar surface area (TPSA) is 77.7 Å². The minimum Gasteiger partial charge on any atom is -0.339 e. The summed E-state index contributed by atoms with van der Waals surface area (Å²) in [6.45, 7) is 8.80. The van der Waals surface area contributed by atoms with Gasteiger partial charge in [0.15, 0.2) is 5.82 Å². The molecule has 5 fully saturated rings. The van der Waals surface area contributed by atoms with E-state index in [0.717, 1.165) is 50.7 Å². The highest BCUT2D eigenvalue weighted by molar-refractivity contribution is 5.75. The molecule has 0 aromatic carbocycles. The number of carbonyl (C=O) groups excluding carboxylic acids is 1. The van der Waals surface area contributed by atoms with Gasteiger partial charge in [0, 0.05) is 69.6 Å². The number of piperidine rings is 1. The first-order valence-electron chi connectivity index (χ1n) is 13.1. The first kappa shape index (κ1) is 22.6. The van der Waals surface area contributed by atoms with Gasteiger partial charge in [0.1, 0.15) is 6.04 Å². The van der Waals surface area contributed by atoms with Gasteiger partial charge >= 0.3 is 6.03 Å². The van der Waals surface area contributed by atoms with Crippen LogP contribution >= 0.6 is 0 Å². The van der Waals surface area contributed by atoms with Crippen molar-refractivity contribution in [1.82, 2.24) is 30.2 Å². The standard InChI is InChI=1S/C24H36F2N6O2/c1-14(2)30-8-10-31(11-9-30)18-4-3-7-24(25,26)20(18)27-23(33)32-12-16-17(13-32)19(16)21-28-22(34-29-21)15-5-6-15/h14-20H,3-13H2,1-2H3,(H,27,33)/t16-,17+,18-,19?,20+/m0/s1. The number of piperazine rings is 1. The quantitative estimate of drug-likeness (QED) is 0.701. The molecule has 2 aliphatic heterocycles. The monoisotopic (exact) mass is 478 g/mol. The largest absolute Gasteiger partial charge is 0.339 e. The van der Waals surface area contributed by atoms with E-state index < -0.39 is 12.0 Å². The van der Waals surface area contributed by atoms with Crippen molar-refractivity contribution in [1.29, 1.82) is 0 Å². The van der Waals surface area contributed by atoms with E-state index in [1.165, 1.54) is 0 Å². The first-order chi connectivity index (χ1) is 16.3. The van der Waals surface area contributed by atoms with Crippen LogP contribution in [0, 0.1) is 11.8 Å². The second kappa shape index (κ2) is 8.40. The number of likely N-dealkylation sites (tertiary alicyclic amines) is 1. The second-order valence-corrected chi connectivity index (χ2v) is 11.3. The molecule has 10 heteroatoms. The van der Waals surface area contributed by atoms with Gasteiger partial charge in [-0.1, -0.05) is 5.16 Å². The molecule has 3 saturated carbocycles. The molecule has 5 atom stereocenters. The fourth-order valence-corrected chi connectivity index (χ4v) is 6.51. The molecule has 5 aliphatic rings. The number of carbonyl (C=O) groups is 1. The van der Waals surface area contributed by atoms with Crippen LogP contribution in [-0.2, 0) is 0 Å². The van der Waals surface area contributed by atoms with Gasteiger partial charge in [0.2, 0.25) is 5.89 Å². The summed E-state index contributed by atoms with van der Waals surface area (Å²) in [6, 6.07) is -1.34. The Morgan fingerprint density at radius 2 is 1.82 bits per heavy atom. The third-order valence-electron chi connectivity index (χ3n) is 8.84. The fourth-order valence-electron chi connectivity index (χ4n) is 6.51. The van der Waals surface area contributed by atoms with E-state index in [1.807, 2.05) is 0 Å². The highest BCUT2D eigenvalue weighted by Crippen LogP contribution is 2.57. The Kier molecular flexibility index (Phi) is 5.59. The summed E-state index contributed by atoms with van der Waals surface area (Å²) in [6.07, 6.45) is 3.28. The number of amides is 2. The number of halogens is 2. The van der Waals surface area contributed by atoms with Crippen molar-refractivity contribution in [3.63, 3.8) is 0 Å². The molecule has 34 heavy (non-hydrogen) atoms. The van der Waals surface area contributed by atoms with E-state index in [1.54, 1.807) is 4.90 Å². The zero-order chi connectivity index (χ0) is 23.6. The van der Waals surface area contributed by atoms with Gasteiger partial charge in [-0.15, -0.1) is 0 Å². The maximum absolute atomic E-state index is 15.1. The number of fused-ring (bicyclic) bond motifs is 1. The Bertz CT molecular complexity index is 901. The lowest BCUT2D eigenvalue weighted by atomic mass is 9.85. The molecule has 1 aromatic heterocycles. The number of aromatic nitrogens is 2. The number of alkyl halides is 2. The van der Waals surface area contributed by atoms with Crippen LogP contribution in [-0.4, -0.2) is 94.2 Å². The van der Waals surface area contributed by atoms with E-state index >= 15 is 8.78 Å². The molecule has 6 rings (SSSR count). The number of hydrogen-bond donors (Lipinski definition) is 1. The molecule has 0 bridgehead atoms. The van der Waals surface area contributed by atoms with Crippen LogP contribution < -0.4 is 5.32 Å². The molecule has 3 heterocycles. The molecule has 8 nitrogen and oxygen atoms in total. The van der Waals surface area contributed by atoms with E-state index in [9.17, 15) is 4.79 Å². The number of urea groups is 1. The average Bonchev–Trinajstić information content (AvgIpc) is 3.68. The summed E-state index contributed by atoms with van der Waals surface area (Å²) < 4.78 is 35.5. The Hall–Kier alpha value is -1.81. The summed E-state index contributed by atoms with van der Waals surface area (Å²) in [5, 5.41) is 6.96.